The van der Waals surface area contributed by atoms with Gasteiger partial charge in [0.25, 0.3) is 0 Å². The van der Waals surface area contributed by atoms with Gasteiger partial charge in [0.05, 0.1) is 0 Å². The van der Waals surface area contributed by atoms with Crippen molar-refractivity contribution in [3.05, 3.63) is 66.4 Å². The largest absolute Gasteiger partial charge is 0.485 e. The van der Waals surface area contributed by atoms with E-state index in [0.717, 1.165) is 22.6 Å². The molecule has 0 aliphatic carbocycles. The van der Waals surface area contributed by atoms with Gasteiger partial charge in [-0.15, -0.1) is 0 Å². The molecule has 3 heteroatoms. The fourth-order valence-corrected chi connectivity index (χ4v) is 3.23. The average Bonchev–Trinajstić information content (AvgIpc) is 2.67. The van der Waals surface area contributed by atoms with Crippen molar-refractivity contribution in [1.82, 2.24) is 0 Å². The number of ether oxygens (including phenoxy) is 1. The van der Waals surface area contributed by atoms with Crippen molar-refractivity contribution in [2.24, 2.45) is 0 Å². The van der Waals surface area contributed by atoms with Crippen molar-refractivity contribution >= 4 is 28.3 Å². The van der Waals surface area contributed by atoms with E-state index in [2.05, 4.69) is 41.7 Å². The number of rotatable bonds is 5. The molecule has 0 atom stereocenters. The molecule has 4 rings (SSSR count). The van der Waals surface area contributed by atoms with E-state index in [1.54, 1.807) is 0 Å². The third-order valence-corrected chi connectivity index (χ3v) is 4.53. The fraction of sp³-hybridized carbons (Fsp3) is 0.136. The summed E-state index contributed by atoms with van der Waals surface area (Å²) in [5.41, 5.74) is 4.39. The molecular formula is C22H19NO2. The summed E-state index contributed by atoms with van der Waals surface area (Å²) in [6.07, 6.45) is 4.55. The molecule has 0 saturated carbocycles. The van der Waals surface area contributed by atoms with Crippen LogP contribution in [0.25, 0.3) is 28.0 Å². The molecule has 0 fully saturated rings. The molecule has 0 unspecified atom stereocenters. The minimum atomic E-state index is 0.0982. The van der Waals surface area contributed by atoms with Crippen LogP contribution in [0.5, 0.6) is 5.75 Å². The number of para-hydroxylation sites is 1. The Hall–Kier alpha value is -3.07. The first-order chi connectivity index (χ1) is 12.3. The highest BCUT2D eigenvalue weighted by Gasteiger charge is 2.16. The molecular weight excluding hydrogens is 310 g/mol. The second-order valence-electron chi connectivity index (χ2n) is 6.09. The van der Waals surface area contributed by atoms with Crippen LogP contribution in [0.2, 0.25) is 0 Å². The van der Waals surface area contributed by atoms with Crippen LogP contribution in [0.15, 0.2) is 60.8 Å². The van der Waals surface area contributed by atoms with E-state index in [0.29, 0.717) is 6.42 Å². The number of ketones is 1. The van der Waals surface area contributed by atoms with Gasteiger partial charge >= 0.3 is 0 Å². The zero-order valence-corrected chi connectivity index (χ0v) is 14.1. The van der Waals surface area contributed by atoms with Crippen molar-refractivity contribution in [3.8, 4) is 16.9 Å². The van der Waals surface area contributed by atoms with Crippen LogP contribution < -0.4 is 10.1 Å². The molecule has 0 radical (unpaired) electrons. The Kier molecular flexibility index (Phi) is 3.98. The Bertz CT molecular complexity index is 988. The third kappa shape index (κ3) is 2.78. The van der Waals surface area contributed by atoms with Crippen LogP contribution in [0, 0.1) is 0 Å². The molecule has 124 valence electrons. The zero-order chi connectivity index (χ0) is 17.2. The molecule has 0 aromatic heterocycles. The second-order valence-corrected chi connectivity index (χ2v) is 6.09. The quantitative estimate of drug-likeness (QED) is 0.694. The molecule has 3 aromatic rings. The lowest BCUT2D eigenvalue weighted by atomic mass is 9.91. The number of Topliss-reactive ketones (excluding diaryl/α,β-unsaturated/α-hetero) is 1. The van der Waals surface area contributed by atoms with Crippen LogP contribution in [0.4, 0.5) is 5.69 Å². The van der Waals surface area contributed by atoms with E-state index in [4.69, 9.17) is 4.74 Å². The monoisotopic (exact) mass is 329 g/mol. The van der Waals surface area contributed by atoms with Gasteiger partial charge < -0.3 is 10.1 Å². The lowest BCUT2D eigenvalue weighted by Crippen LogP contribution is -2.10. The smallest absolute Gasteiger partial charge is 0.169 e. The van der Waals surface area contributed by atoms with Gasteiger partial charge in [-0.05, 0) is 34.7 Å². The second kappa shape index (κ2) is 6.44. The Morgan fingerprint density at radius 3 is 2.76 bits per heavy atom. The topological polar surface area (TPSA) is 38.3 Å². The first-order valence-corrected chi connectivity index (χ1v) is 8.50. The maximum Gasteiger partial charge on any atom is 0.169 e. The average molecular weight is 329 g/mol. The third-order valence-electron chi connectivity index (χ3n) is 4.53. The Morgan fingerprint density at radius 2 is 1.88 bits per heavy atom. The molecule has 1 aliphatic heterocycles. The van der Waals surface area contributed by atoms with Gasteiger partial charge in [0.15, 0.2) is 5.78 Å². The summed E-state index contributed by atoms with van der Waals surface area (Å²) < 4.78 is 5.81. The maximum atomic E-state index is 11.6. The Morgan fingerprint density at radius 1 is 1.00 bits per heavy atom. The van der Waals surface area contributed by atoms with Crippen molar-refractivity contribution in [3.63, 3.8) is 0 Å². The first kappa shape index (κ1) is 15.5. The summed E-state index contributed by atoms with van der Waals surface area (Å²) >= 11 is 0. The van der Waals surface area contributed by atoms with E-state index in [1.807, 2.05) is 37.4 Å². The summed E-state index contributed by atoms with van der Waals surface area (Å²) in [5.74, 6) is 0.838. The fourth-order valence-electron chi connectivity index (χ4n) is 3.23. The molecule has 1 heterocycles. The highest BCUT2D eigenvalue weighted by Crippen LogP contribution is 2.40. The van der Waals surface area contributed by atoms with E-state index >= 15 is 0 Å². The molecule has 1 aliphatic rings. The summed E-state index contributed by atoms with van der Waals surface area (Å²) in [6, 6.07) is 18.4. The van der Waals surface area contributed by atoms with Crippen LogP contribution >= 0.6 is 0 Å². The molecule has 1 N–H and O–H groups in total. The van der Waals surface area contributed by atoms with Crippen LogP contribution in [0.1, 0.15) is 18.9 Å². The molecule has 0 saturated heterocycles. The molecule has 3 aromatic carbocycles. The number of nitrogens with one attached hydrogen (secondary N) is 1. The Labute approximate surface area is 146 Å². The van der Waals surface area contributed by atoms with Crippen molar-refractivity contribution in [2.75, 3.05) is 11.9 Å². The van der Waals surface area contributed by atoms with E-state index < -0.39 is 0 Å². The summed E-state index contributed by atoms with van der Waals surface area (Å²) in [5, 5.41) is 5.72. The summed E-state index contributed by atoms with van der Waals surface area (Å²) in [7, 11) is 0. The lowest BCUT2D eigenvalue weighted by Gasteiger charge is -2.19. The maximum absolute atomic E-state index is 11.6. The minimum absolute atomic E-state index is 0.0982. The number of hydrogen-bond acceptors (Lipinski definition) is 3. The van der Waals surface area contributed by atoms with Crippen molar-refractivity contribution in [2.45, 2.75) is 13.3 Å². The highest BCUT2D eigenvalue weighted by molar-refractivity contribution is 6.06. The van der Waals surface area contributed by atoms with Gasteiger partial charge in [0.1, 0.15) is 12.4 Å². The first-order valence-electron chi connectivity index (χ1n) is 8.50. The summed E-state index contributed by atoms with van der Waals surface area (Å²) in [4.78, 5) is 11.6. The van der Waals surface area contributed by atoms with Crippen LogP contribution in [0.3, 0.4) is 0 Å². The molecule has 0 amide bonds. The molecule has 25 heavy (non-hydrogen) atoms. The molecule has 0 bridgehead atoms. The predicted molar refractivity (Wildman–Crippen MR) is 103 cm³/mol. The van der Waals surface area contributed by atoms with E-state index in [-0.39, 0.29) is 12.4 Å². The molecule has 3 nitrogen and oxygen atoms in total. The van der Waals surface area contributed by atoms with Crippen LogP contribution in [-0.4, -0.2) is 12.4 Å². The standard InChI is InChI=1S/C22H19NO2/c1-2-16(24)14-25-21-9-4-3-7-18(21)17-11-10-15-6-5-8-20-22(15)19(17)12-13-23-20/h3-13,23H,2,14H2,1H3. The lowest BCUT2D eigenvalue weighted by molar-refractivity contribution is -0.120. The zero-order valence-electron chi connectivity index (χ0n) is 14.1. The number of carbonyl (C=O) groups is 1. The van der Waals surface area contributed by atoms with Gasteiger partial charge in [-0.2, -0.15) is 0 Å². The van der Waals surface area contributed by atoms with Gasteiger partial charge in [0.2, 0.25) is 0 Å². The van der Waals surface area contributed by atoms with E-state index in [9.17, 15) is 4.79 Å². The van der Waals surface area contributed by atoms with Crippen LogP contribution in [-0.2, 0) is 4.79 Å². The minimum Gasteiger partial charge on any atom is -0.485 e. The van der Waals surface area contributed by atoms with Gasteiger partial charge in [0, 0.05) is 29.3 Å². The number of benzene rings is 3. The number of hydrogen-bond donors (Lipinski definition) is 1. The number of anilines is 1. The molecule has 0 spiro atoms. The SMILES string of the molecule is CCC(=O)COc1ccccc1-c1ccc2cccc3c2c1C=CN3. The van der Waals surface area contributed by atoms with Crippen molar-refractivity contribution < 1.29 is 9.53 Å². The van der Waals surface area contributed by atoms with Gasteiger partial charge in [-0.1, -0.05) is 49.4 Å². The van der Waals surface area contributed by atoms with Crippen molar-refractivity contribution in [1.29, 1.82) is 0 Å². The Balaban J connectivity index is 1.85. The predicted octanol–water partition coefficient (Wildman–Crippen LogP) is 5.26. The highest BCUT2D eigenvalue weighted by atomic mass is 16.5. The summed E-state index contributed by atoms with van der Waals surface area (Å²) in [6.45, 7) is 1.96. The van der Waals surface area contributed by atoms with E-state index in [1.165, 1.54) is 16.3 Å². The number of carbonyl (C=O) groups excluding carboxylic acids is 1. The normalized spacial score (nSPS) is 12.0. The van der Waals surface area contributed by atoms with Gasteiger partial charge in [-0.3, -0.25) is 4.79 Å². The van der Waals surface area contributed by atoms with Gasteiger partial charge in [-0.25, -0.2) is 0 Å².